The van der Waals surface area contributed by atoms with E-state index >= 15 is 0 Å². The van der Waals surface area contributed by atoms with Crippen molar-refractivity contribution in [2.75, 3.05) is 11.9 Å². The van der Waals surface area contributed by atoms with E-state index in [4.69, 9.17) is 26.1 Å². The van der Waals surface area contributed by atoms with E-state index in [1.165, 1.54) is 10.9 Å². The molecule has 0 aliphatic carbocycles. The van der Waals surface area contributed by atoms with Crippen molar-refractivity contribution in [2.45, 2.75) is 31.1 Å². The van der Waals surface area contributed by atoms with Crippen molar-refractivity contribution in [3.8, 4) is 0 Å². The molecular formula is C17H17ClF2N5O7P. The van der Waals surface area contributed by atoms with E-state index in [2.05, 4.69) is 24.8 Å². The van der Waals surface area contributed by atoms with Crippen LogP contribution >= 0.6 is 19.4 Å². The molecule has 0 bridgehead atoms. The summed E-state index contributed by atoms with van der Waals surface area (Å²) in [6, 6.07) is 2.13. The number of nitrogens with zero attached hydrogens (tertiary/aromatic N) is 4. The van der Waals surface area contributed by atoms with E-state index in [1.54, 1.807) is 0 Å². The van der Waals surface area contributed by atoms with Crippen LogP contribution in [-0.2, 0) is 20.4 Å². The molecule has 1 aliphatic rings. The first-order chi connectivity index (χ1) is 15.6. The van der Waals surface area contributed by atoms with E-state index in [0.717, 1.165) is 18.5 Å². The zero-order chi connectivity index (χ0) is 23.9. The number of ether oxygens (including phenoxy) is 1. The summed E-state index contributed by atoms with van der Waals surface area (Å²) in [5, 5.41) is 23.1. The molecule has 5 N–H and O–H groups in total. The van der Waals surface area contributed by atoms with Gasteiger partial charge in [-0.15, -0.1) is 0 Å². The number of nitrogens with one attached hydrogen (secondary N) is 1. The number of phosphoric acid groups is 1. The highest BCUT2D eigenvalue weighted by molar-refractivity contribution is 7.46. The second kappa shape index (κ2) is 9.16. The lowest BCUT2D eigenvalue weighted by Crippen LogP contribution is -2.33. The molecule has 3 aromatic rings. The Balaban J connectivity index is 1.57. The fourth-order valence-electron chi connectivity index (χ4n) is 3.34. The highest BCUT2D eigenvalue weighted by Gasteiger charge is 2.45. The van der Waals surface area contributed by atoms with Gasteiger partial charge in [-0.2, -0.15) is 0 Å². The molecular weight excluding hydrogens is 491 g/mol. The zero-order valence-corrected chi connectivity index (χ0v) is 18.1. The number of phosphoric ester groups is 1. The number of hydrogen-bond donors (Lipinski definition) is 5. The van der Waals surface area contributed by atoms with Gasteiger partial charge < -0.3 is 30.1 Å². The van der Waals surface area contributed by atoms with Crippen LogP contribution in [-0.4, -0.2) is 64.4 Å². The minimum atomic E-state index is -4.82. The third-order valence-electron chi connectivity index (χ3n) is 4.95. The van der Waals surface area contributed by atoms with E-state index < -0.39 is 50.6 Å². The largest absolute Gasteiger partial charge is 0.469 e. The monoisotopic (exact) mass is 507 g/mol. The van der Waals surface area contributed by atoms with Crippen molar-refractivity contribution >= 4 is 36.4 Å². The molecule has 12 nitrogen and oxygen atoms in total. The number of hydrogen-bond acceptors (Lipinski definition) is 9. The van der Waals surface area contributed by atoms with Crippen LogP contribution in [0.25, 0.3) is 11.2 Å². The maximum atomic E-state index is 14.1. The molecule has 2 aromatic heterocycles. The van der Waals surface area contributed by atoms with Gasteiger partial charge in [0.15, 0.2) is 23.2 Å². The second-order valence-electron chi connectivity index (χ2n) is 7.05. The van der Waals surface area contributed by atoms with Crippen molar-refractivity contribution in [3.05, 3.63) is 47.0 Å². The average Bonchev–Trinajstić information content (AvgIpc) is 3.31. The van der Waals surface area contributed by atoms with Gasteiger partial charge in [-0.05, 0) is 12.1 Å². The van der Waals surface area contributed by atoms with Gasteiger partial charge in [-0.25, -0.2) is 28.3 Å². The molecule has 0 amide bonds. The Morgan fingerprint density at radius 3 is 2.70 bits per heavy atom. The van der Waals surface area contributed by atoms with Crippen molar-refractivity contribution in [3.63, 3.8) is 0 Å². The van der Waals surface area contributed by atoms with Gasteiger partial charge >= 0.3 is 7.82 Å². The minimum absolute atomic E-state index is 0.118. The first kappa shape index (κ1) is 23.9. The molecule has 4 atom stereocenters. The topological polar surface area (TPSA) is 172 Å². The normalized spacial score (nSPS) is 23.4. The standard InChI is InChI=1S/C17H17ClF2N5O7P/c18-8-1-2-9(19)7(11(8)20)3-21-15-12-16(23-5-22-15)25(6-24-12)17-14(27)13(26)10(32-17)4-31-33(28,29)30/h1-2,5-6,10,13-14,17,26-27H,3-4H2,(H,21,22,23)(H2,28,29,30)/t10-,13-,14-,17-/m1/s1. The van der Waals surface area contributed by atoms with Crippen LogP contribution in [0.1, 0.15) is 11.8 Å². The Kier molecular flexibility index (Phi) is 6.62. The van der Waals surface area contributed by atoms with Crippen LogP contribution in [0.5, 0.6) is 0 Å². The van der Waals surface area contributed by atoms with Crippen molar-refractivity contribution in [2.24, 2.45) is 0 Å². The van der Waals surface area contributed by atoms with E-state index in [1.807, 2.05) is 0 Å². The molecule has 0 radical (unpaired) electrons. The van der Waals surface area contributed by atoms with Gasteiger partial charge in [0, 0.05) is 12.1 Å². The summed E-state index contributed by atoms with van der Waals surface area (Å²) < 4.78 is 50.2. The molecule has 1 saturated heterocycles. The summed E-state index contributed by atoms with van der Waals surface area (Å²) in [6.45, 7) is -0.982. The van der Waals surface area contributed by atoms with Crippen LogP contribution in [0.15, 0.2) is 24.8 Å². The fourth-order valence-corrected chi connectivity index (χ4v) is 3.86. The Hall–Kier alpha value is -2.29. The number of rotatable bonds is 7. The Bertz CT molecular complexity index is 1230. The molecule has 4 rings (SSSR count). The van der Waals surface area contributed by atoms with Crippen molar-refractivity contribution in [1.82, 2.24) is 19.5 Å². The molecule has 16 heteroatoms. The highest BCUT2D eigenvalue weighted by atomic mass is 35.5. The number of imidazole rings is 1. The molecule has 33 heavy (non-hydrogen) atoms. The van der Waals surface area contributed by atoms with E-state index in [9.17, 15) is 23.6 Å². The maximum Gasteiger partial charge on any atom is 0.469 e. The Labute approximate surface area is 189 Å². The zero-order valence-electron chi connectivity index (χ0n) is 16.4. The Morgan fingerprint density at radius 1 is 1.21 bits per heavy atom. The summed E-state index contributed by atoms with van der Waals surface area (Å²) in [7, 11) is -4.82. The predicted molar refractivity (Wildman–Crippen MR) is 108 cm³/mol. The molecule has 178 valence electrons. The molecule has 1 aliphatic heterocycles. The third-order valence-corrected chi connectivity index (χ3v) is 5.73. The van der Waals surface area contributed by atoms with Crippen LogP contribution in [0.3, 0.4) is 0 Å². The lowest BCUT2D eigenvalue weighted by molar-refractivity contribution is -0.0504. The van der Waals surface area contributed by atoms with Crippen LogP contribution in [0.2, 0.25) is 5.02 Å². The quantitative estimate of drug-likeness (QED) is 0.229. The van der Waals surface area contributed by atoms with E-state index in [0.29, 0.717) is 0 Å². The fraction of sp³-hybridized carbons (Fsp3) is 0.353. The van der Waals surface area contributed by atoms with Crippen LogP contribution < -0.4 is 5.32 Å². The van der Waals surface area contributed by atoms with Gasteiger partial charge in [0.25, 0.3) is 0 Å². The predicted octanol–water partition coefficient (Wildman–Crippen LogP) is 1.10. The number of fused-ring (bicyclic) bond motifs is 1. The number of halogens is 3. The SMILES string of the molecule is O=P(O)(O)OC[C@H]1O[C@@H](n2cnc3c(NCc4c(F)ccc(Cl)c4F)ncnc32)[C@H](O)[C@@H]1O. The van der Waals surface area contributed by atoms with Gasteiger partial charge in [-0.3, -0.25) is 9.09 Å². The van der Waals surface area contributed by atoms with Crippen LogP contribution in [0, 0.1) is 11.6 Å². The minimum Gasteiger partial charge on any atom is -0.387 e. The maximum absolute atomic E-state index is 14.1. The highest BCUT2D eigenvalue weighted by Crippen LogP contribution is 2.39. The third kappa shape index (κ3) is 4.83. The smallest absolute Gasteiger partial charge is 0.387 e. The van der Waals surface area contributed by atoms with Gasteiger partial charge in [-0.1, -0.05) is 11.6 Å². The number of aromatic nitrogens is 4. The van der Waals surface area contributed by atoms with Crippen LogP contribution in [0.4, 0.5) is 14.6 Å². The summed E-state index contributed by atoms with van der Waals surface area (Å²) in [4.78, 5) is 29.9. The lowest BCUT2D eigenvalue weighted by Gasteiger charge is -2.16. The summed E-state index contributed by atoms with van der Waals surface area (Å²) in [5.74, 6) is -1.60. The molecule has 1 aromatic carbocycles. The molecule has 3 heterocycles. The average molecular weight is 508 g/mol. The van der Waals surface area contributed by atoms with Gasteiger partial charge in [0.1, 0.15) is 36.3 Å². The lowest BCUT2D eigenvalue weighted by atomic mass is 10.1. The molecule has 1 fully saturated rings. The van der Waals surface area contributed by atoms with E-state index in [-0.39, 0.29) is 34.1 Å². The number of aliphatic hydroxyl groups is 2. The molecule has 0 spiro atoms. The molecule has 0 unspecified atom stereocenters. The van der Waals surface area contributed by atoms with Gasteiger partial charge in [0.05, 0.1) is 18.0 Å². The summed E-state index contributed by atoms with van der Waals surface area (Å²) >= 11 is 5.70. The first-order valence-corrected chi connectivity index (χ1v) is 11.2. The Morgan fingerprint density at radius 2 is 1.97 bits per heavy atom. The first-order valence-electron chi connectivity index (χ1n) is 9.32. The summed E-state index contributed by atoms with van der Waals surface area (Å²) in [6.07, 6.45) is -3.12. The number of anilines is 1. The van der Waals surface area contributed by atoms with Gasteiger partial charge in [0.2, 0.25) is 0 Å². The van der Waals surface area contributed by atoms with Crippen molar-refractivity contribution in [1.29, 1.82) is 0 Å². The second-order valence-corrected chi connectivity index (χ2v) is 8.70. The van der Waals surface area contributed by atoms with Crippen molar-refractivity contribution < 1.29 is 42.6 Å². The number of benzene rings is 1. The molecule has 0 saturated carbocycles. The summed E-state index contributed by atoms with van der Waals surface area (Å²) in [5.41, 5.74) is 0.00663. The number of aliphatic hydroxyl groups excluding tert-OH is 2.